The highest BCUT2D eigenvalue weighted by molar-refractivity contribution is 5.95. The van der Waals surface area contributed by atoms with E-state index in [1.807, 2.05) is 24.3 Å². The highest BCUT2D eigenvalue weighted by Crippen LogP contribution is 2.22. The summed E-state index contributed by atoms with van der Waals surface area (Å²) in [5.41, 5.74) is 1.40. The predicted molar refractivity (Wildman–Crippen MR) is 103 cm³/mol. The number of rotatable bonds is 5. The number of carbonyl (C=O) groups is 1. The Morgan fingerprint density at radius 2 is 2.19 bits per heavy atom. The number of aromatic nitrogens is 3. The van der Waals surface area contributed by atoms with Gasteiger partial charge in [-0.25, -0.2) is 4.98 Å². The maximum Gasteiger partial charge on any atom is 0.251 e. The van der Waals surface area contributed by atoms with Crippen LogP contribution in [0.15, 0.2) is 24.3 Å². The van der Waals surface area contributed by atoms with E-state index in [1.165, 1.54) is 12.8 Å². The van der Waals surface area contributed by atoms with Crippen molar-refractivity contribution in [3.63, 3.8) is 0 Å². The molecule has 3 rings (SSSR count). The molecule has 2 aromatic rings. The Morgan fingerprint density at radius 3 is 2.85 bits per heavy atom. The van der Waals surface area contributed by atoms with Gasteiger partial charge in [0.05, 0.1) is 0 Å². The molecular weight excluding hydrogens is 326 g/mol. The lowest BCUT2D eigenvalue weighted by Gasteiger charge is -2.19. The Bertz CT molecular complexity index is 762. The van der Waals surface area contributed by atoms with Gasteiger partial charge >= 0.3 is 0 Å². The van der Waals surface area contributed by atoms with Crippen LogP contribution in [0.3, 0.4) is 0 Å². The molecule has 6 heteroatoms. The monoisotopic (exact) mass is 355 g/mol. The first kappa shape index (κ1) is 18.6. The summed E-state index contributed by atoms with van der Waals surface area (Å²) < 4.78 is 0. The largest absolute Gasteiger partial charge is 0.352 e. The Hall–Kier alpha value is -2.21. The number of likely N-dealkylation sites (tertiary alicyclic amines) is 1. The van der Waals surface area contributed by atoms with Crippen molar-refractivity contribution < 1.29 is 4.79 Å². The summed E-state index contributed by atoms with van der Waals surface area (Å²) in [4.78, 5) is 19.4. The normalized spacial score (nSPS) is 18.2. The average molecular weight is 355 g/mol. The van der Waals surface area contributed by atoms with Crippen LogP contribution in [0.5, 0.6) is 0 Å². The fraction of sp³-hybridized carbons (Fsp3) is 0.550. The SMILES string of the molecule is CN1CCC[C@H]1CCNC(=O)c1cccc(-c2n[nH]c(C(C)(C)C)n2)c1. The van der Waals surface area contributed by atoms with Gasteiger partial charge in [-0.1, -0.05) is 32.9 Å². The minimum Gasteiger partial charge on any atom is -0.352 e. The number of carbonyl (C=O) groups excluding carboxylic acids is 1. The maximum atomic E-state index is 12.5. The average Bonchev–Trinajstić information content (AvgIpc) is 3.24. The third-order valence-corrected chi connectivity index (χ3v) is 5.01. The number of amides is 1. The summed E-state index contributed by atoms with van der Waals surface area (Å²) >= 11 is 0. The summed E-state index contributed by atoms with van der Waals surface area (Å²) in [7, 11) is 2.16. The van der Waals surface area contributed by atoms with Gasteiger partial charge in [-0.15, -0.1) is 0 Å². The van der Waals surface area contributed by atoms with Gasteiger partial charge in [-0.05, 0) is 45.0 Å². The molecule has 0 aliphatic carbocycles. The Morgan fingerprint density at radius 1 is 1.38 bits per heavy atom. The van der Waals surface area contributed by atoms with Crippen LogP contribution in [-0.2, 0) is 5.41 Å². The van der Waals surface area contributed by atoms with Gasteiger partial charge in [0.25, 0.3) is 5.91 Å². The first-order valence-electron chi connectivity index (χ1n) is 9.36. The molecule has 1 amide bonds. The minimum absolute atomic E-state index is 0.0425. The molecule has 0 bridgehead atoms. The Balaban J connectivity index is 1.63. The van der Waals surface area contributed by atoms with Gasteiger partial charge < -0.3 is 10.2 Å². The van der Waals surface area contributed by atoms with Gasteiger partial charge in [0, 0.05) is 29.1 Å². The van der Waals surface area contributed by atoms with Crippen LogP contribution in [0.4, 0.5) is 0 Å². The fourth-order valence-corrected chi connectivity index (χ4v) is 3.32. The van der Waals surface area contributed by atoms with E-state index < -0.39 is 0 Å². The second-order valence-corrected chi connectivity index (χ2v) is 8.16. The van der Waals surface area contributed by atoms with Gasteiger partial charge in [0.2, 0.25) is 0 Å². The molecule has 1 aliphatic heterocycles. The number of aromatic amines is 1. The minimum atomic E-state index is -0.0896. The van der Waals surface area contributed by atoms with Crippen molar-refractivity contribution in [3.8, 4) is 11.4 Å². The zero-order valence-electron chi connectivity index (χ0n) is 16.2. The molecule has 140 valence electrons. The Kier molecular flexibility index (Phi) is 5.41. The van der Waals surface area contributed by atoms with E-state index in [2.05, 4.69) is 53.2 Å². The number of nitrogens with one attached hydrogen (secondary N) is 2. The highest BCUT2D eigenvalue weighted by Gasteiger charge is 2.21. The quantitative estimate of drug-likeness (QED) is 0.865. The topological polar surface area (TPSA) is 73.9 Å². The second kappa shape index (κ2) is 7.58. The lowest BCUT2D eigenvalue weighted by Crippen LogP contribution is -2.31. The van der Waals surface area contributed by atoms with E-state index in [1.54, 1.807) is 0 Å². The van der Waals surface area contributed by atoms with Crippen molar-refractivity contribution in [2.75, 3.05) is 20.1 Å². The lowest BCUT2D eigenvalue weighted by molar-refractivity contribution is 0.0950. The van der Waals surface area contributed by atoms with E-state index in [4.69, 9.17) is 0 Å². The van der Waals surface area contributed by atoms with E-state index >= 15 is 0 Å². The number of hydrogen-bond donors (Lipinski definition) is 2. The summed E-state index contributed by atoms with van der Waals surface area (Å²) in [6.07, 6.45) is 3.48. The number of hydrogen-bond acceptors (Lipinski definition) is 4. The number of nitrogens with zero attached hydrogens (tertiary/aromatic N) is 3. The molecule has 6 nitrogen and oxygen atoms in total. The molecule has 1 atom stereocenters. The third-order valence-electron chi connectivity index (χ3n) is 5.01. The molecule has 0 saturated carbocycles. The third kappa shape index (κ3) is 4.30. The van der Waals surface area contributed by atoms with E-state index in [9.17, 15) is 4.79 Å². The molecule has 0 spiro atoms. The van der Waals surface area contributed by atoms with Crippen LogP contribution in [-0.4, -0.2) is 52.2 Å². The van der Waals surface area contributed by atoms with Crippen molar-refractivity contribution in [2.45, 2.75) is 51.5 Å². The molecule has 2 heterocycles. The van der Waals surface area contributed by atoms with Crippen molar-refractivity contribution in [3.05, 3.63) is 35.7 Å². The molecule has 0 unspecified atom stereocenters. The second-order valence-electron chi connectivity index (χ2n) is 8.16. The number of H-pyrrole nitrogens is 1. The fourth-order valence-electron chi connectivity index (χ4n) is 3.32. The maximum absolute atomic E-state index is 12.5. The molecule has 1 saturated heterocycles. The van der Waals surface area contributed by atoms with Gasteiger partial charge in [0.1, 0.15) is 5.82 Å². The highest BCUT2D eigenvalue weighted by atomic mass is 16.1. The Labute approximate surface area is 155 Å². The summed E-state index contributed by atoms with van der Waals surface area (Å²) in [5, 5.41) is 10.3. The first-order valence-corrected chi connectivity index (χ1v) is 9.36. The van der Waals surface area contributed by atoms with Gasteiger partial charge in [0.15, 0.2) is 5.82 Å². The molecular formula is C20H29N5O. The standard InChI is InChI=1S/C20H29N5O/c1-20(2,3)19-22-17(23-24-19)14-7-5-8-15(13-14)18(26)21-11-10-16-9-6-12-25(16)4/h5,7-8,13,16H,6,9-12H2,1-4H3,(H,21,26)(H,22,23,24)/t16-/m0/s1. The van der Waals surface area contributed by atoms with Crippen LogP contribution < -0.4 is 5.32 Å². The predicted octanol–water partition coefficient (Wildman–Crippen LogP) is 2.98. The van der Waals surface area contributed by atoms with Gasteiger partial charge in [-0.2, -0.15) is 5.10 Å². The number of benzene rings is 1. The van der Waals surface area contributed by atoms with Crippen LogP contribution in [0.25, 0.3) is 11.4 Å². The summed E-state index contributed by atoms with van der Waals surface area (Å²) in [5.74, 6) is 1.42. The van der Waals surface area contributed by atoms with Crippen molar-refractivity contribution in [2.24, 2.45) is 0 Å². The molecule has 1 aliphatic rings. The molecule has 26 heavy (non-hydrogen) atoms. The zero-order chi connectivity index (χ0) is 18.7. The molecule has 1 aromatic carbocycles. The molecule has 2 N–H and O–H groups in total. The van der Waals surface area contributed by atoms with Crippen molar-refractivity contribution >= 4 is 5.91 Å². The summed E-state index contributed by atoms with van der Waals surface area (Å²) in [6, 6.07) is 8.08. The zero-order valence-corrected chi connectivity index (χ0v) is 16.2. The van der Waals surface area contributed by atoms with Crippen LogP contribution in [0, 0.1) is 0 Å². The van der Waals surface area contributed by atoms with E-state index in [-0.39, 0.29) is 11.3 Å². The van der Waals surface area contributed by atoms with Crippen LogP contribution in [0.1, 0.15) is 56.2 Å². The van der Waals surface area contributed by atoms with Crippen LogP contribution >= 0.6 is 0 Å². The molecule has 1 aromatic heterocycles. The molecule has 1 fully saturated rings. The molecule has 0 radical (unpaired) electrons. The first-order chi connectivity index (χ1) is 12.3. The van der Waals surface area contributed by atoms with Gasteiger partial charge in [-0.3, -0.25) is 9.89 Å². The van der Waals surface area contributed by atoms with Crippen molar-refractivity contribution in [1.29, 1.82) is 0 Å². The van der Waals surface area contributed by atoms with E-state index in [0.717, 1.165) is 24.4 Å². The smallest absolute Gasteiger partial charge is 0.251 e. The van der Waals surface area contributed by atoms with E-state index in [0.29, 0.717) is 24.0 Å². The summed E-state index contributed by atoms with van der Waals surface area (Å²) in [6.45, 7) is 8.12. The lowest BCUT2D eigenvalue weighted by atomic mass is 9.96. The van der Waals surface area contributed by atoms with Crippen LogP contribution in [0.2, 0.25) is 0 Å². The van der Waals surface area contributed by atoms with Crippen molar-refractivity contribution in [1.82, 2.24) is 25.4 Å².